The largest absolute Gasteiger partial charge is 1.00 e. The number of hydrogen-bond acceptors (Lipinski definition) is 12. The summed E-state index contributed by atoms with van der Waals surface area (Å²) in [5.74, 6) is 0. The number of thioether (sulfide) groups is 1. The van der Waals surface area contributed by atoms with E-state index < -0.39 is 9.84 Å². The number of alkyl halides is 2. The number of nitrogens with two attached hydrogens (primary N) is 1. The maximum Gasteiger partial charge on any atom is 1.00 e. The van der Waals surface area contributed by atoms with E-state index in [0.29, 0.717) is 10.9 Å². The topological polar surface area (TPSA) is 227 Å². The molecule has 0 fully saturated rings. The van der Waals surface area contributed by atoms with Gasteiger partial charge in [0.2, 0.25) is 0 Å². The smallest absolute Gasteiger partial charge is 0.278 e. The summed E-state index contributed by atoms with van der Waals surface area (Å²) in [7, 11) is -3.20. The molecule has 428 valence electrons. The van der Waals surface area contributed by atoms with Gasteiger partial charge in [-0.15, -0.1) is 17.1 Å². The zero-order valence-electron chi connectivity index (χ0n) is 45.0. The molecule has 14 nitrogen and oxygen atoms in total. The Kier molecular flexibility index (Phi) is 74.6. The summed E-state index contributed by atoms with van der Waals surface area (Å²) in [4.78, 5) is 7.72. The third-order valence-corrected chi connectivity index (χ3v) is 10.6. The first-order valence-electron chi connectivity index (χ1n) is 22.1. The number of aryl methyl sites for hydroxylation is 2. The van der Waals surface area contributed by atoms with E-state index in [1.165, 1.54) is 28.0 Å². The number of nitrogen functional groups attached to an aromatic ring is 1. The van der Waals surface area contributed by atoms with Crippen molar-refractivity contribution in [2.45, 2.75) is 104 Å². The van der Waals surface area contributed by atoms with Crippen LogP contribution in [0.3, 0.4) is 0 Å². The van der Waals surface area contributed by atoms with Crippen LogP contribution in [-0.4, -0.2) is 76.3 Å². The third-order valence-electron chi connectivity index (χ3n) is 7.81. The normalized spacial score (nSPS) is 8.82. The Hall–Kier alpha value is 0.0644. The molecule has 5 aromatic carbocycles. The second-order valence-corrected chi connectivity index (χ2v) is 55.7. The molecule has 9 aromatic rings. The van der Waals surface area contributed by atoms with E-state index in [4.69, 9.17) is 15.8 Å². The van der Waals surface area contributed by atoms with Gasteiger partial charge in [-0.2, -0.15) is 33.6 Å². The van der Waals surface area contributed by atoms with E-state index in [1.54, 1.807) is 43.1 Å². The Morgan fingerprint density at radius 3 is 1.51 bits per heavy atom. The van der Waals surface area contributed by atoms with Crippen molar-refractivity contribution in [3.05, 3.63) is 156 Å². The van der Waals surface area contributed by atoms with E-state index in [0.717, 1.165) is 59.4 Å². The van der Waals surface area contributed by atoms with Crippen LogP contribution in [-0.2, 0) is 27.4 Å². The van der Waals surface area contributed by atoms with Gasteiger partial charge < -0.3 is 35.4 Å². The van der Waals surface area contributed by atoms with Crippen molar-refractivity contribution in [1.82, 2.24) is 40.8 Å². The molecule has 0 amide bonds. The number of para-hydroxylation sites is 5. The number of aromatic amines is 4. The molecule has 0 saturated heterocycles. The van der Waals surface area contributed by atoms with E-state index in [9.17, 15) is 8.42 Å². The number of fused-ring (bicyclic) bond motifs is 4. The second kappa shape index (κ2) is 61.6. The van der Waals surface area contributed by atoms with Crippen LogP contribution in [0.2, 0.25) is 0 Å². The fourth-order valence-electron chi connectivity index (χ4n) is 4.87. The Morgan fingerprint density at radius 2 is 1.10 bits per heavy atom. The number of aromatic nitrogens is 8. The van der Waals surface area contributed by atoms with Crippen molar-refractivity contribution < 1.29 is 72.5 Å². The molecule has 0 spiro atoms. The van der Waals surface area contributed by atoms with Gasteiger partial charge >= 0.3 is 124 Å². The first-order valence-corrected chi connectivity index (χ1v) is 42.3. The van der Waals surface area contributed by atoms with Crippen LogP contribution in [0, 0.1) is 30.9 Å². The fourth-order valence-corrected chi connectivity index (χ4v) is 6.19. The van der Waals surface area contributed by atoms with Crippen molar-refractivity contribution in [1.29, 1.82) is 0 Å². The third kappa shape index (κ3) is 45.5. The first kappa shape index (κ1) is 94.4. The van der Waals surface area contributed by atoms with E-state index in [1.807, 2.05) is 117 Å². The van der Waals surface area contributed by atoms with Crippen LogP contribution in [0.1, 0.15) is 87.9 Å². The molecule has 0 saturated carbocycles. The number of hydrogen-bond donors (Lipinski definition) is 5. The summed E-state index contributed by atoms with van der Waals surface area (Å²) in [6, 6.07) is 39.1. The standard InChI is InChI=1S/C8H8N2O2S.C8H8N2S.C8H8N2.C7H6N2.C7H9N.2C3H7I.C3H8.C2H5.CH4S.3CH4.3HI.HNO2.2Na.V/c1-13(11,12)8-6-4-2-3-5-7(6)9-10-8;1-11-8-6-4-2-3-5-7(6)9-10-8;1-6-7-4-2-3-5-8(7)10-9-6;1-2-4-7-6(3-1)5-8-9-7;1-6-4-2-3-5-7(6)8;1-3(2)4;1-2-3-4;1-3-2;2*1-2;;;;;;;2-1-3;;;/h2-5H,1H3,(H,9,10);2-5H,1H3,(H,9,10);2-5H,1H3,(H,9,10);1-5H,(H,8,9);2-5H,8H2,1H3;3H,1-2H3;2-3H2,1H3;3H2,1-2H3;1H2,2H3;2H,1H3;3*1H4;3*1H;(H,2,3);;;/q;;;;;;;;-1;;;;;;;;;2*+1;+3/p-5. The van der Waals surface area contributed by atoms with E-state index in [-0.39, 0.29) is 91.3 Å². The SMILES string of the molecule is C.C.C.CC(C)I.CCC.CCCI.CS(=O)(=O)c1[nH]nc2ccccc12.CSc1n[nH]c2ccccc12.C[S-].Cc1[nH]nc2ccccc12.Cc1ccccc1N.O=N[O-].[CH2-]C.[I][V]([I])[I].[Na+].[Na+].c1ccc2[nH]ncc2c1. The molecule has 0 atom stereocenters. The number of nitrogens with zero attached hydrogens (tertiary/aromatic N) is 5. The van der Waals surface area contributed by atoms with Crippen LogP contribution in [0.4, 0.5) is 5.69 Å². The molecule has 0 radical (unpaired) electrons. The molecular formula is C53H81I5N10Na2O4S3V-. The predicted octanol–water partition coefficient (Wildman–Crippen LogP) is 13.2. The van der Waals surface area contributed by atoms with Gasteiger partial charge in [-0.1, -0.05) is 193 Å². The number of nitrogens with one attached hydrogen (secondary N) is 4. The molecule has 0 bridgehead atoms. The maximum absolute atomic E-state index is 11.2. The van der Waals surface area contributed by atoms with Crippen molar-refractivity contribution in [3.63, 3.8) is 0 Å². The molecule has 0 aliphatic carbocycles. The van der Waals surface area contributed by atoms with E-state index >= 15 is 0 Å². The zero-order valence-corrected chi connectivity index (χ0v) is 63.7. The number of halogens is 5. The Morgan fingerprint density at radius 1 is 0.718 bits per heavy atom. The van der Waals surface area contributed by atoms with Crippen molar-refractivity contribution >= 4 is 189 Å². The summed E-state index contributed by atoms with van der Waals surface area (Å²) < 4.78 is 24.6. The number of rotatable bonds is 3. The van der Waals surface area contributed by atoms with Gasteiger partial charge in [-0.25, -0.2) is 8.42 Å². The van der Waals surface area contributed by atoms with Gasteiger partial charge in [0.15, 0.2) is 14.9 Å². The van der Waals surface area contributed by atoms with Crippen molar-refractivity contribution in [2.75, 3.05) is 28.9 Å². The van der Waals surface area contributed by atoms with Gasteiger partial charge in [-0.05, 0) is 72.9 Å². The summed E-state index contributed by atoms with van der Waals surface area (Å²) in [6.07, 6.45) is 9.14. The zero-order chi connectivity index (χ0) is 56.2. The maximum atomic E-state index is 11.2. The van der Waals surface area contributed by atoms with Crippen LogP contribution in [0.5, 0.6) is 0 Å². The quantitative estimate of drug-likeness (QED) is 0.0129. The summed E-state index contributed by atoms with van der Waals surface area (Å²) in [5.41, 5.74) is 12.6. The molecule has 6 N–H and O–H groups in total. The number of benzene rings is 5. The van der Waals surface area contributed by atoms with Gasteiger partial charge in [0.25, 0.3) is 0 Å². The molecule has 25 heteroatoms. The van der Waals surface area contributed by atoms with Gasteiger partial charge in [0, 0.05) is 43.1 Å². The van der Waals surface area contributed by atoms with Gasteiger partial charge in [0.1, 0.15) is 5.03 Å². The van der Waals surface area contributed by atoms with Crippen LogP contribution in [0.15, 0.2) is 143 Å². The minimum atomic E-state index is -3.20. The molecule has 0 unspecified atom stereocenters. The van der Waals surface area contributed by atoms with Crippen LogP contribution >= 0.6 is 117 Å². The summed E-state index contributed by atoms with van der Waals surface area (Å²) in [5, 5.41) is 41.8. The molecule has 0 aliphatic rings. The average molecular weight is 1750 g/mol. The Bertz CT molecular complexity index is 2780. The number of H-pyrrole nitrogens is 4. The van der Waals surface area contributed by atoms with Gasteiger partial charge in [-0.3, -0.25) is 20.4 Å². The molecule has 4 aromatic heterocycles. The molecule has 9 rings (SSSR count). The number of anilines is 1. The fraction of sp³-hybridized carbons (Fsp3) is 0.340. The second-order valence-electron chi connectivity index (χ2n) is 14.0. The Balaban J connectivity index is -0.000000119. The molecule has 0 aliphatic heterocycles. The molecule has 4 heterocycles. The van der Waals surface area contributed by atoms with E-state index in [2.05, 4.69) is 212 Å². The molecular weight excluding hydrogens is 1670 g/mol. The minimum Gasteiger partial charge on any atom is -0.278 e. The van der Waals surface area contributed by atoms with Crippen LogP contribution < -0.4 is 64.8 Å². The van der Waals surface area contributed by atoms with Gasteiger partial charge in [0.05, 0.1) is 28.3 Å². The Labute approximate surface area is 587 Å². The monoisotopic (exact) mass is 1750 g/mol. The average Bonchev–Trinajstić information content (AvgIpc) is 4.21. The van der Waals surface area contributed by atoms with Crippen LogP contribution in [0.25, 0.3) is 43.6 Å². The molecule has 78 heavy (non-hydrogen) atoms. The van der Waals surface area contributed by atoms with Crippen molar-refractivity contribution in [2.24, 2.45) is 5.34 Å². The summed E-state index contributed by atoms with van der Waals surface area (Å²) >= 11 is 17.8. The minimum absolute atomic E-state index is 0. The predicted molar refractivity (Wildman–Crippen MR) is 380 cm³/mol. The first-order chi connectivity index (χ1) is 34.9. The number of sulfone groups is 1. The van der Waals surface area contributed by atoms with Crippen molar-refractivity contribution in [3.8, 4) is 0 Å². The summed E-state index contributed by atoms with van der Waals surface area (Å²) in [6.45, 7) is 19.7.